The van der Waals surface area contributed by atoms with Gasteiger partial charge in [-0.3, -0.25) is 0 Å². The van der Waals surface area contributed by atoms with Gasteiger partial charge in [-0.15, -0.1) is 0 Å². The van der Waals surface area contributed by atoms with Crippen LogP contribution in [-0.4, -0.2) is 17.2 Å². The third-order valence-electron chi connectivity index (χ3n) is 2.69. The first-order chi connectivity index (χ1) is 8.76. The van der Waals surface area contributed by atoms with Crippen LogP contribution in [0.2, 0.25) is 0 Å². The lowest BCUT2D eigenvalue weighted by molar-refractivity contribution is 0.410. The second-order valence-electron chi connectivity index (χ2n) is 4.20. The van der Waals surface area contributed by atoms with Crippen LogP contribution in [0, 0.1) is 6.92 Å². The third kappa shape index (κ3) is 1.89. The third-order valence-corrected chi connectivity index (χ3v) is 2.69. The van der Waals surface area contributed by atoms with E-state index in [0.29, 0.717) is 24.0 Å². The lowest BCUT2D eigenvalue weighted by Gasteiger charge is -1.89. The highest BCUT2D eigenvalue weighted by atomic mass is 16.5. The summed E-state index contributed by atoms with van der Waals surface area (Å²) < 4.78 is 10.9. The van der Waals surface area contributed by atoms with E-state index >= 15 is 0 Å². The zero-order valence-electron chi connectivity index (χ0n) is 10.2. The van der Waals surface area contributed by atoms with E-state index in [9.17, 15) is 0 Å². The van der Waals surface area contributed by atoms with Gasteiger partial charge in [-0.25, -0.2) is 0 Å². The molecule has 0 saturated carbocycles. The van der Waals surface area contributed by atoms with E-state index in [4.69, 9.17) is 8.94 Å². The molecule has 0 fully saturated rings. The lowest BCUT2D eigenvalue weighted by atomic mass is 10.2. The number of rotatable bonds is 3. The summed E-state index contributed by atoms with van der Waals surface area (Å²) in [6.07, 6.45) is 0. The monoisotopic (exact) mass is 243 g/mol. The smallest absolute Gasteiger partial charge is 0.293 e. The fourth-order valence-electron chi connectivity index (χ4n) is 1.85. The Morgan fingerprint density at radius 3 is 3.00 bits per heavy atom. The van der Waals surface area contributed by atoms with Crippen molar-refractivity contribution >= 4 is 11.0 Å². The van der Waals surface area contributed by atoms with Crippen LogP contribution in [0.4, 0.5) is 0 Å². The molecule has 0 spiro atoms. The average molecular weight is 243 g/mol. The molecular formula is C13H13N3O2. The van der Waals surface area contributed by atoms with Gasteiger partial charge in [0, 0.05) is 5.39 Å². The molecule has 2 heterocycles. The molecular weight excluding hydrogens is 230 g/mol. The fourth-order valence-corrected chi connectivity index (χ4v) is 1.85. The molecule has 18 heavy (non-hydrogen) atoms. The quantitative estimate of drug-likeness (QED) is 0.765. The molecule has 1 aromatic carbocycles. The van der Waals surface area contributed by atoms with Crippen LogP contribution in [0.25, 0.3) is 22.6 Å². The maximum atomic E-state index is 5.68. The van der Waals surface area contributed by atoms with Crippen LogP contribution < -0.4 is 5.32 Å². The van der Waals surface area contributed by atoms with Crippen LogP contribution in [-0.2, 0) is 6.54 Å². The van der Waals surface area contributed by atoms with Crippen LogP contribution in [0.1, 0.15) is 11.4 Å². The highest BCUT2D eigenvalue weighted by molar-refractivity contribution is 5.82. The topological polar surface area (TPSA) is 64.1 Å². The van der Waals surface area contributed by atoms with Crippen LogP contribution in [0.15, 0.2) is 33.2 Å². The van der Waals surface area contributed by atoms with E-state index in [0.717, 1.165) is 11.0 Å². The first kappa shape index (κ1) is 11.0. The van der Waals surface area contributed by atoms with Gasteiger partial charge in [0.25, 0.3) is 5.89 Å². The number of hydrogen-bond acceptors (Lipinski definition) is 5. The van der Waals surface area contributed by atoms with Crippen molar-refractivity contribution in [3.63, 3.8) is 0 Å². The first-order valence-electron chi connectivity index (χ1n) is 5.74. The number of nitrogens with zero attached hydrogens (tertiary/aromatic N) is 2. The van der Waals surface area contributed by atoms with Gasteiger partial charge in [-0.1, -0.05) is 16.8 Å². The first-order valence-corrected chi connectivity index (χ1v) is 5.74. The van der Waals surface area contributed by atoms with Gasteiger partial charge in [0.05, 0.1) is 6.54 Å². The van der Waals surface area contributed by atoms with E-state index in [-0.39, 0.29) is 0 Å². The predicted octanol–water partition coefficient (Wildman–Crippen LogP) is 2.51. The van der Waals surface area contributed by atoms with Crippen molar-refractivity contribution < 1.29 is 8.94 Å². The van der Waals surface area contributed by atoms with Crippen molar-refractivity contribution in [3.05, 3.63) is 35.7 Å². The largest absolute Gasteiger partial charge is 0.451 e. The van der Waals surface area contributed by atoms with Crippen molar-refractivity contribution in [1.82, 2.24) is 15.5 Å². The van der Waals surface area contributed by atoms with E-state index in [2.05, 4.69) is 21.5 Å². The predicted molar refractivity (Wildman–Crippen MR) is 67.0 cm³/mol. The maximum Gasteiger partial charge on any atom is 0.293 e. The number of aromatic nitrogens is 2. The minimum Gasteiger partial charge on any atom is -0.451 e. The standard InChI is InChI=1S/C13H13N3O2/c1-8-3-4-10-9(5-8)6-11(17-10)13-15-12(7-14-2)16-18-13/h3-6,14H,7H2,1-2H3. The minimum absolute atomic E-state index is 0.411. The van der Waals surface area contributed by atoms with Crippen molar-refractivity contribution in [3.8, 4) is 11.7 Å². The molecule has 0 amide bonds. The van der Waals surface area contributed by atoms with Crippen molar-refractivity contribution in [2.75, 3.05) is 7.05 Å². The summed E-state index contributed by atoms with van der Waals surface area (Å²) in [6, 6.07) is 7.93. The molecule has 0 unspecified atom stereocenters. The molecule has 0 aliphatic heterocycles. The summed E-state index contributed by atoms with van der Waals surface area (Å²) in [6.45, 7) is 2.62. The summed E-state index contributed by atoms with van der Waals surface area (Å²) in [4.78, 5) is 4.25. The zero-order valence-corrected chi connectivity index (χ0v) is 10.2. The van der Waals surface area contributed by atoms with Crippen molar-refractivity contribution in [1.29, 1.82) is 0 Å². The molecule has 0 radical (unpaired) electrons. The van der Waals surface area contributed by atoms with Gasteiger partial charge in [0.15, 0.2) is 11.6 Å². The Kier molecular flexibility index (Phi) is 2.60. The lowest BCUT2D eigenvalue weighted by Crippen LogP contribution is -2.06. The molecule has 0 saturated heterocycles. The van der Waals surface area contributed by atoms with Gasteiger partial charge in [0.2, 0.25) is 0 Å². The molecule has 0 atom stereocenters. The van der Waals surface area contributed by atoms with Gasteiger partial charge in [-0.05, 0) is 32.2 Å². The molecule has 2 aromatic heterocycles. The number of benzene rings is 1. The summed E-state index contributed by atoms with van der Waals surface area (Å²) in [5.41, 5.74) is 2.01. The van der Waals surface area contributed by atoms with Crippen LogP contribution in [0.5, 0.6) is 0 Å². The normalized spacial score (nSPS) is 11.2. The Labute approximate surface area is 104 Å². The van der Waals surface area contributed by atoms with Crippen LogP contribution in [0.3, 0.4) is 0 Å². The highest BCUT2D eigenvalue weighted by Crippen LogP contribution is 2.27. The number of furan rings is 1. The minimum atomic E-state index is 0.411. The Morgan fingerprint density at radius 1 is 1.28 bits per heavy atom. The number of nitrogens with one attached hydrogen (secondary N) is 1. The summed E-state index contributed by atoms with van der Waals surface area (Å²) >= 11 is 0. The molecule has 3 rings (SSSR count). The molecule has 0 aliphatic rings. The molecule has 1 N–H and O–H groups in total. The van der Waals surface area contributed by atoms with Crippen molar-refractivity contribution in [2.24, 2.45) is 0 Å². The van der Waals surface area contributed by atoms with E-state index in [1.165, 1.54) is 5.56 Å². The van der Waals surface area contributed by atoms with Crippen molar-refractivity contribution in [2.45, 2.75) is 13.5 Å². The number of fused-ring (bicyclic) bond motifs is 1. The number of aryl methyl sites for hydroxylation is 1. The number of hydrogen-bond donors (Lipinski definition) is 1. The van der Waals surface area contributed by atoms with E-state index in [1.807, 2.05) is 32.2 Å². The van der Waals surface area contributed by atoms with E-state index < -0.39 is 0 Å². The van der Waals surface area contributed by atoms with Gasteiger partial charge in [0.1, 0.15) is 5.58 Å². The maximum absolute atomic E-state index is 5.68. The second-order valence-corrected chi connectivity index (χ2v) is 4.20. The zero-order chi connectivity index (χ0) is 12.5. The molecule has 0 bridgehead atoms. The Morgan fingerprint density at radius 2 is 2.17 bits per heavy atom. The molecule has 0 aliphatic carbocycles. The molecule has 5 heteroatoms. The van der Waals surface area contributed by atoms with E-state index in [1.54, 1.807) is 0 Å². The van der Waals surface area contributed by atoms with Gasteiger partial charge < -0.3 is 14.3 Å². The SMILES string of the molecule is CNCc1noc(-c2cc3cc(C)ccc3o2)n1. The summed E-state index contributed by atoms with van der Waals surface area (Å²) in [7, 11) is 1.83. The van der Waals surface area contributed by atoms with Crippen LogP contribution >= 0.6 is 0 Å². The molecule has 5 nitrogen and oxygen atoms in total. The Bertz CT molecular complexity index is 684. The Hall–Kier alpha value is -2.14. The summed E-state index contributed by atoms with van der Waals surface area (Å²) in [5.74, 6) is 1.63. The fraction of sp³-hybridized carbons (Fsp3) is 0.231. The highest BCUT2D eigenvalue weighted by Gasteiger charge is 2.13. The van der Waals surface area contributed by atoms with Gasteiger partial charge in [-0.2, -0.15) is 4.98 Å². The summed E-state index contributed by atoms with van der Waals surface area (Å²) in [5, 5.41) is 7.87. The Balaban J connectivity index is 2.02. The molecule has 3 aromatic rings. The van der Waals surface area contributed by atoms with Gasteiger partial charge >= 0.3 is 0 Å². The molecule has 92 valence electrons. The second kappa shape index (κ2) is 4.27. The average Bonchev–Trinajstić information content (AvgIpc) is 2.94.